The van der Waals surface area contributed by atoms with Gasteiger partial charge in [-0.15, -0.1) is 10.2 Å². The first-order chi connectivity index (χ1) is 8.60. The van der Waals surface area contributed by atoms with Gasteiger partial charge in [0.25, 0.3) is 5.56 Å². The Balaban J connectivity index is 2.31. The van der Waals surface area contributed by atoms with E-state index in [4.69, 9.17) is 11.6 Å². The van der Waals surface area contributed by atoms with Crippen molar-refractivity contribution in [3.63, 3.8) is 0 Å². The highest BCUT2D eigenvalue weighted by atomic mass is 16.1. The lowest BCUT2D eigenvalue weighted by Crippen LogP contribution is -2.22. The Kier molecular flexibility index (Phi) is 3.24. The Bertz CT molecular complexity index is 621. The van der Waals surface area contributed by atoms with Gasteiger partial charge in [0.05, 0.1) is 0 Å². The van der Waals surface area contributed by atoms with E-state index in [1.54, 1.807) is 0 Å². The van der Waals surface area contributed by atoms with E-state index in [-0.39, 0.29) is 11.5 Å². The number of rotatable bonds is 3. The summed E-state index contributed by atoms with van der Waals surface area (Å²) in [6.07, 6.45) is 0.333. The Labute approximate surface area is 103 Å². The van der Waals surface area contributed by atoms with Gasteiger partial charge in [-0.3, -0.25) is 15.2 Å². The minimum Gasteiger partial charge on any atom is -0.398 e. The molecule has 6 N–H and O–H groups in total. The predicted octanol–water partition coefficient (Wildman–Crippen LogP) is -0.0681. The zero-order valence-electron chi connectivity index (χ0n) is 9.90. The van der Waals surface area contributed by atoms with Crippen LogP contribution in [0.5, 0.6) is 0 Å². The highest BCUT2D eigenvalue weighted by Crippen LogP contribution is 2.15. The van der Waals surface area contributed by atoms with Gasteiger partial charge in [0.2, 0.25) is 5.95 Å². The molecule has 0 aliphatic rings. The predicted molar refractivity (Wildman–Crippen MR) is 68.9 cm³/mol. The molecule has 0 unspecified atom stereocenters. The van der Waals surface area contributed by atoms with E-state index < -0.39 is 0 Å². The second kappa shape index (κ2) is 4.84. The minimum atomic E-state index is -0.335. The molecule has 0 bridgehead atoms. The van der Waals surface area contributed by atoms with Crippen molar-refractivity contribution >= 4 is 11.6 Å². The second-order valence-corrected chi connectivity index (χ2v) is 3.97. The molecule has 1 aromatic heterocycles. The van der Waals surface area contributed by atoms with Crippen molar-refractivity contribution in [3.05, 3.63) is 45.4 Å². The summed E-state index contributed by atoms with van der Waals surface area (Å²) in [5, 5.41) is 7.53. The second-order valence-electron chi connectivity index (χ2n) is 3.97. The third-order valence-electron chi connectivity index (χ3n) is 2.56. The normalized spacial score (nSPS) is 10.3. The van der Waals surface area contributed by atoms with E-state index in [2.05, 4.69) is 20.6 Å². The Hall–Kier alpha value is -2.41. The third kappa shape index (κ3) is 2.46. The van der Waals surface area contributed by atoms with E-state index in [0.717, 1.165) is 11.1 Å². The first-order valence-electron chi connectivity index (χ1n) is 5.37. The van der Waals surface area contributed by atoms with Crippen molar-refractivity contribution in [1.29, 1.82) is 0 Å². The highest BCUT2D eigenvalue weighted by molar-refractivity contribution is 5.50. The quantitative estimate of drug-likeness (QED) is 0.341. The van der Waals surface area contributed by atoms with Gasteiger partial charge in [0.15, 0.2) is 0 Å². The molecule has 94 valence electrons. The molecule has 18 heavy (non-hydrogen) atoms. The molecule has 0 aliphatic carbocycles. The SMILES string of the molecule is Cc1ccc(Cc2nnc(NN)[nH]c2=O)c(N)c1. The van der Waals surface area contributed by atoms with Gasteiger partial charge in [0, 0.05) is 12.1 Å². The van der Waals surface area contributed by atoms with Crippen LogP contribution in [0.2, 0.25) is 0 Å². The van der Waals surface area contributed by atoms with Crippen molar-refractivity contribution in [3.8, 4) is 0 Å². The van der Waals surface area contributed by atoms with Crippen LogP contribution in [-0.2, 0) is 6.42 Å². The molecule has 0 saturated heterocycles. The van der Waals surface area contributed by atoms with E-state index in [9.17, 15) is 4.79 Å². The molecule has 0 spiro atoms. The molecule has 0 fully saturated rings. The summed E-state index contributed by atoms with van der Waals surface area (Å²) in [5.74, 6) is 5.25. The maximum absolute atomic E-state index is 11.7. The largest absolute Gasteiger partial charge is 0.398 e. The fourth-order valence-electron chi connectivity index (χ4n) is 1.60. The monoisotopic (exact) mass is 246 g/mol. The van der Waals surface area contributed by atoms with E-state index in [0.29, 0.717) is 17.8 Å². The maximum atomic E-state index is 11.7. The number of hydrogen-bond acceptors (Lipinski definition) is 6. The fraction of sp³-hybridized carbons (Fsp3) is 0.182. The van der Waals surface area contributed by atoms with Crippen molar-refractivity contribution in [2.75, 3.05) is 11.2 Å². The smallest absolute Gasteiger partial charge is 0.274 e. The standard InChI is InChI=1S/C11H14N6O/c1-6-2-3-7(8(12)4-6)5-9-10(18)14-11(15-13)17-16-9/h2-4H,5,12-13H2,1H3,(H2,14,15,17,18). The van der Waals surface area contributed by atoms with Gasteiger partial charge in [-0.2, -0.15) is 0 Å². The van der Waals surface area contributed by atoms with Crippen LogP contribution in [0.1, 0.15) is 16.8 Å². The van der Waals surface area contributed by atoms with Gasteiger partial charge in [-0.25, -0.2) is 5.84 Å². The number of nitrogens with zero attached hydrogens (tertiary/aromatic N) is 2. The molecule has 7 heteroatoms. The van der Waals surface area contributed by atoms with E-state index >= 15 is 0 Å². The average Bonchev–Trinajstić information content (AvgIpc) is 2.34. The molecular formula is C11H14N6O. The summed E-state index contributed by atoms with van der Waals surface area (Å²) in [4.78, 5) is 14.2. The summed E-state index contributed by atoms with van der Waals surface area (Å²) >= 11 is 0. The van der Waals surface area contributed by atoms with Gasteiger partial charge < -0.3 is 5.73 Å². The number of aryl methyl sites for hydroxylation is 1. The summed E-state index contributed by atoms with van der Waals surface area (Å²) < 4.78 is 0. The fourth-order valence-corrected chi connectivity index (χ4v) is 1.60. The molecule has 2 rings (SSSR count). The van der Waals surface area contributed by atoms with E-state index in [1.807, 2.05) is 25.1 Å². The zero-order chi connectivity index (χ0) is 13.1. The summed E-state index contributed by atoms with van der Waals surface area (Å²) in [7, 11) is 0. The molecule has 0 atom stereocenters. The van der Waals surface area contributed by atoms with Gasteiger partial charge in [-0.1, -0.05) is 12.1 Å². The average molecular weight is 246 g/mol. The Morgan fingerprint density at radius 2 is 2.17 bits per heavy atom. The topological polar surface area (TPSA) is 123 Å². The summed E-state index contributed by atoms with van der Waals surface area (Å²) in [5.41, 5.74) is 10.6. The van der Waals surface area contributed by atoms with Gasteiger partial charge in [-0.05, 0) is 24.1 Å². The van der Waals surface area contributed by atoms with Crippen molar-refractivity contribution < 1.29 is 0 Å². The Morgan fingerprint density at radius 3 is 2.78 bits per heavy atom. The van der Waals surface area contributed by atoms with Crippen molar-refractivity contribution in [1.82, 2.24) is 15.2 Å². The lowest BCUT2D eigenvalue weighted by atomic mass is 10.1. The first-order valence-corrected chi connectivity index (χ1v) is 5.37. The molecule has 0 saturated carbocycles. The summed E-state index contributed by atoms with van der Waals surface area (Å²) in [6, 6.07) is 5.66. The maximum Gasteiger partial charge on any atom is 0.274 e. The minimum absolute atomic E-state index is 0.126. The number of H-pyrrole nitrogens is 1. The number of nitrogen functional groups attached to an aromatic ring is 2. The number of hydrogen-bond donors (Lipinski definition) is 4. The van der Waals surface area contributed by atoms with Gasteiger partial charge >= 0.3 is 0 Å². The molecule has 0 amide bonds. The highest BCUT2D eigenvalue weighted by Gasteiger charge is 2.07. The number of aromatic nitrogens is 3. The van der Waals surface area contributed by atoms with Gasteiger partial charge in [0.1, 0.15) is 5.69 Å². The summed E-state index contributed by atoms with van der Waals surface area (Å²) in [6.45, 7) is 1.95. The number of nitrogens with one attached hydrogen (secondary N) is 2. The van der Waals surface area contributed by atoms with Crippen LogP contribution < -0.4 is 22.6 Å². The lowest BCUT2D eigenvalue weighted by molar-refractivity contribution is 0.866. The first kappa shape index (κ1) is 12.1. The molecule has 0 aliphatic heterocycles. The zero-order valence-corrected chi connectivity index (χ0v) is 9.90. The molecule has 1 heterocycles. The van der Waals surface area contributed by atoms with Crippen LogP contribution in [0.3, 0.4) is 0 Å². The van der Waals surface area contributed by atoms with Crippen LogP contribution in [0, 0.1) is 6.92 Å². The van der Waals surface area contributed by atoms with Crippen molar-refractivity contribution in [2.45, 2.75) is 13.3 Å². The number of benzene rings is 1. The van der Waals surface area contributed by atoms with Crippen LogP contribution >= 0.6 is 0 Å². The molecule has 2 aromatic rings. The van der Waals surface area contributed by atoms with Crippen molar-refractivity contribution in [2.24, 2.45) is 5.84 Å². The van der Waals surface area contributed by atoms with E-state index in [1.165, 1.54) is 0 Å². The number of nitrogens with two attached hydrogens (primary N) is 2. The van der Waals surface area contributed by atoms with Crippen LogP contribution in [0.15, 0.2) is 23.0 Å². The Morgan fingerprint density at radius 1 is 1.39 bits per heavy atom. The van der Waals surface area contributed by atoms with Crippen LogP contribution in [0.4, 0.5) is 11.6 Å². The molecule has 1 aromatic carbocycles. The molecular weight excluding hydrogens is 232 g/mol. The number of hydrazine groups is 1. The van der Waals surface area contributed by atoms with Crippen LogP contribution in [-0.4, -0.2) is 15.2 Å². The number of anilines is 2. The lowest BCUT2D eigenvalue weighted by Gasteiger charge is -2.05. The third-order valence-corrected chi connectivity index (χ3v) is 2.56. The molecule has 7 nitrogen and oxygen atoms in total. The molecule has 0 radical (unpaired) electrons. The number of aromatic amines is 1. The van der Waals surface area contributed by atoms with Crippen LogP contribution in [0.25, 0.3) is 0 Å².